The molecular weight excluding hydrogens is 262 g/mol. The summed E-state index contributed by atoms with van der Waals surface area (Å²) in [5.74, 6) is 1.55. The van der Waals surface area contributed by atoms with E-state index < -0.39 is 0 Å². The van der Waals surface area contributed by atoms with Crippen LogP contribution in [0.5, 0.6) is 11.5 Å². The molecule has 2 aromatic rings. The number of methoxy groups -OCH3 is 2. The average Bonchev–Trinajstić information content (AvgIpc) is 2.52. The van der Waals surface area contributed by atoms with Crippen molar-refractivity contribution in [1.29, 1.82) is 0 Å². The largest absolute Gasteiger partial charge is 0.493 e. The monoisotopic (exact) mass is 285 g/mol. The zero-order valence-corrected chi connectivity index (χ0v) is 13.2. The van der Waals surface area contributed by atoms with Crippen LogP contribution < -0.4 is 14.8 Å². The van der Waals surface area contributed by atoms with Crippen molar-refractivity contribution < 1.29 is 9.47 Å². The van der Waals surface area contributed by atoms with E-state index in [-0.39, 0.29) is 0 Å². The van der Waals surface area contributed by atoms with Crippen LogP contribution in [0.3, 0.4) is 0 Å². The first-order chi connectivity index (χ1) is 10.2. The van der Waals surface area contributed by atoms with E-state index in [0.29, 0.717) is 6.54 Å². The molecule has 0 heterocycles. The zero-order valence-electron chi connectivity index (χ0n) is 13.2. The molecule has 0 aliphatic heterocycles. The lowest BCUT2D eigenvalue weighted by atomic mass is 10.1. The zero-order chi connectivity index (χ0) is 15.2. The molecule has 2 aromatic carbocycles. The van der Waals surface area contributed by atoms with E-state index in [1.807, 2.05) is 12.1 Å². The fourth-order valence-electron chi connectivity index (χ4n) is 2.55. The first-order valence-electron chi connectivity index (χ1n) is 7.23. The molecule has 0 amide bonds. The quantitative estimate of drug-likeness (QED) is 0.863. The molecule has 0 aliphatic carbocycles. The Labute approximate surface area is 126 Å². The lowest BCUT2D eigenvalue weighted by molar-refractivity contribution is 0.352. The van der Waals surface area contributed by atoms with Gasteiger partial charge >= 0.3 is 0 Å². The van der Waals surface area contributed by atoms with Crippen molar-refractivity contribution in [1.82, 2.24) is 0 Å². The standard InChI is InChI=1S/C18H23NO2/c1-5-14-9-6-8-13(2)17(14)19-12-15-10-7-11-16(20-3)18(15)21-4/h6-11,19H,5,12H2,1-4H3. The first kappa shape index (κ1) is 15.2. The van der Waals surface area contributed by atoms with Gasteiger partial charge in [0.2, 0.25) is 0 Å². The molecule has 1 N–H and O–H groups in total. The number of anilines is 1. The predicted molar refractivity (Wildman–Crippen MR) is 87.4 cm³/mol. The third-order valence-corrected chi connectivity index (χ3v) is 3.68. The van der Waals surface area contributed by atoms with Gasteiger partial charge in [-0.3, -0.25) is 0 Å². The number of para-hydroxylation sites is 2. The maximum atomic E-state index is 5.48. The van der Waals surface area contributed by atoms with Crippen LogP contribution in [0.15, 0.2) is 36.4 Å². The predicted octanol–water partition coefficient (Wildman–Crippen LogP) is 4.19. The number of ether oxygens (including phenoxy) is 2. The maximum Gasteiger partial charge on any atom is 0.165 e. The Morgan fingerprint density at radius 2 is 1.67 bits per heavy atom. The molecule has 112 valence electrons. The van der Waals surface area contributed by atoms with Gasteiger partial charge in [0.05, 0.1) is 14.2 Å². The van der Waals surface area contributed by atoms with E-state index in [0.717, 1.165) is 23.5 Å². The summed E-state index contributed by atoms with van der Waals surface area (Å²) in [6, 6.07) is 12.3. The van der Waals surface area contributed by atoms with E-state index >= 15 is 0 Å². The van der Waals surface area contributed by atoms with E-state index in [1.54, 1.807) is 14.2 Å². The fourth-order valence-corrected chi connectivity index (χ4v) is 2.55. The van der Waals surface area contributed by atoms with E-state index in [2.05, 4.69) is 43.4 Å². The smallest absolute Gasteiger partial charge is 0.165 e. The molecule has 3 heteroatoms. The molecular formula is C18H23NO2. The minimum atomic E-state index is 0.707. The van der Waals surface area contributed by atoms with E-state index in [4.69, 9.17) is 9.47 Å². The highest BCUT2D eigenvalue weighted by molar-refractivity contribution is 5.58. The summed E-state index contributed by atoms with van der Waals surface area (Å²) >= 11 is 0. The highest BCUT2D eigenvalue weighted by Gasteiger charge is 2.10. The molecule has 0 saturated carbocycles. The van der Waals surface area contributed by atoms with E-state index in [1.165, 1.54) is 16.8 Å². The second-order valence-corrected chi connectivity index (χ2v) is 4.97. The molecule has 0 fully saturated rings. The van der Waals surface area contributed by atoms with Gasteiger partial charge in [-0.25, -0.2) is 0 Å². The Morgan fingerprint density at radius 3 is 2.33 bits per heavy atom. The molecule has 3 nitrogen and oxygen atoms in total. The molecule has 0 saturated heterocycles. The van der Waals surface area contributed by atoms with Crippen molar-refractivity contribution in [2.75, 3.05) is 19.5 Å². The molecule has 0 unspecified atom stereocenters. The number of aryl methyl sites for hydroxylation is 2. The van der Waals surface area contributed by atoms with Crippen molar-refractivity contribution in [3.8, 4) is 11.5 Å². The molecule has 0 radical (unpaired) electrons. The Hall–Kier alpha value is -2.16. The number of hydrogen-bond acceptors (Lipinski definition) is 3. The molecule has 0 aliphatic rings. The SMILES string of the molecule is CCc1cccc(C)c1NCc1cccc(OC)c1OC. The summed E-state index contributed by atoms with van der Waals surface area (Å²) < 4.78 is 10.8. The minimum Gasteiger partial charge on any atom is -0.493 e. The van der Waals surface area contributed by atoms with Crippen molar-refractivity contribution >= 4 is 5.69 Å². The lowest BCUT2D eigenvalue weighted by Gasteiger charge is -2.16. The van der Waals surface area contributed by atoms with Gasteiger partial charge in [0.25, 0.3) is 0 Å². The van der Waals surface area contributed by atoms with Gasteiger partial charge in [-0.1, -0.05) is 37.3 Å². The summed E-state index contributed by atoms with van der Waals surface area (Å²) in [6.07, 6.45) is 1.01. The molecule has 0 atom stereocenters. The Morgan fingerprint density at radius 1 is 0.952 bits per heavy atom. The van der Waals surface area contributed by atoms with Gasteiger partial charge < -0.3 is 14.8 Å². The van der Waals surface area contributed by atoms with Gasteiger partial charge in [0.1, 0.15) is 0 Å². The summed E-state index contributed by atoms with van der Waals surface area (Å²) in [7, 11) is 3.33. The Kier molecular flexibility index (Phi) is 5.09. The molecule has 0 aromatic heterocycles. The number of rotatable bonds is 6. The summed E-state index contributed by atoms with van der Waals surface area (Å²) in [5.41, 5.74) is 4.89. The van der Waals surface area contributed by atoms with Gasteiger partial charge in [0, 0.05) is 17.8 Å². The number of nitrogens with one attached hydrogen (secondary N) is 1. The second-order valence-electron chi connectivity index (χ2n) is 4.97. The number of benzene rings is 2. The van der Waals surface area contributed by atoms with Crippen LogP contribution >= 0.6 is 0 Å². The fraction of sp³-hybridized carbons (Fsp3) is 0.333. The van der Waals surface area contributed by atoms with Gasteiger partial charge in [0.15, 0.2) is 11.5 Å². The minimum absolute atomic E-state index is 0.707. The van der Waals surface area contributed by atoms with Crippen LogP contribution in [-0.4, -0.2) is 14.2 Å². The highest BCUT2D eigenvalue weighted by Crippen LogP contribution is 2.31. The van der Waals surface area contributed by atoms with Crippen LogP contribution in [-0.2, 0) is 13.0 Å². The van der Waals surface area contributed by atoms with Crippen molar-refractivity contribution in [2.24, 2.45) is 0 Å². The lowest BCUT2D eigenvalue weighted by Crippen LogP contribution is -2.06. The van der Waals surface area contributed by atoms with Crippen LogP contribution in [0.2, 0.25) is 0 Å². The topological polar surface area (TPSA) is 30.5 Å². The number of hydrogen-bond donors (Lipinski definition) is 1. The van der Waals surface area contributed by atoms with Crippen molar-refractivity contribution in [2.45, 2.75) is 26.8 Å². The summed E-state index contributed by atoms with van der Waals surface area (Å²) in [5, 5.41) is 3.54. The maximum absolute atomic E-state index is 5.48. The van der Waals surface area contributed by atoms with E-state index in [9.17, 15) is 0 Å². The molecule has 21 heavy (non-hydrogen) atoms. The highest BCUT2D eigenvalue weighted by atomic mass is 16.5. The molecule has 2 rings (SSSR count). The van der Waals surface area contributed by atoms with Crippen LogP contribution in [0.1, 0.15) is 23.6 Å². The Bertz CT molecular complexity index is 608. The van der Waals surface area contributed by atoms with Crippen LogP contribution in [0.4, 0.5) is 5.69 Å². The van der Waals surface area contributed by atoms with Crippen molar-refractivity contribution in [3.63, 3.8) is 0 Å². The van der Waals surface area contributed by atoms with Gasteiger partial charge in [-0.15, -0.1) is 0 Å². The third kappa shape index (κ3) is 3.30. The van der Waals surface area contributed by atoms with Crippen LogP contribution in [0, 0.1) is 6.92 Å². The summed E-state index contributed by atoms with van der Waals surface area (Å²) in [6.45, 7) is 5.01. The van der Waals surface area contributed by atoms with Crippen LogP contribution in [0.25, 0.3) is 0 Å². The normalized spacial score (nSPS) is 10.3. The Balaban J connectivity index is 2.25. The van der Waals surface area contributed by atoms with Gasteiger partial charge in [-0.05, 0) is 30.5 Å². The first-order valence-corrected chi connectivity index (χ1v) is 7.23. The second kappa shape index (κ2) is 7.02. The average molecular weight is 285 g/mol. The summed E-state index contributed by atoms with van der Waals surface area (Å²) in [4.78, 5) is 0. The van der Waals surface area contributed by atoms with Gasteiger partial charge in [-0.2, -0.15) is 0 Å². The molecule has 0 spiro atoms. The molecule has 0 bridgehead atoms. The van der Waals surface area contributed by atoms with Crippen molar-refractivity contribution in [3.05, 3.63) is 53.1 Å². The third-order valence-electron chi connectivity index (χ3n) is 3.68.